The second-order valence-corrected chi connectivity index (χ2v) is 5.72. The maximum Gasteiger partial charge on any atom is 0.202 e. The fourth-order valence-electron chi connectivity index (χ4n) is 2.12. The second-order valence-electron chi connectivity index (χ2n) is 4.64. The lowest BCUT2D eigenvalue weighted by Gasteiger charge is -2.04. The lowest BCUT2D eigenvalue weighted by molar-refractivity contribution is 0.104. The van der Waals surface area contributed by atoms with Crippen LogP contribution in [0.1, 0.15) is 15.2 Å². The number of ether oxygens (including phenoxy) is 1. The molecule has 2 aromatic carbocycles. The Morgan fingerprint density at radius 3 is 2.57 bits per heavy atom. The Bertz CT molecular complexity index is 729. The predicted octanol–water partition coefficient (Wildman–Crippen LogP) is 3.47. The van der Waals surface area contributed by atoms with Gasteiger partial charge < -0.3 is 10.5 Å². The van der Waals surface area contributed by atoms with Crippen LogP contribution in [0, 0.1) is 0 Å². The highest BCUT2D eigenvalue weighted by molar-refractivity contribution is 7.21. The smallest absolute Gasteiger partial charge is 0.202 e. The highest BCUT2D eigenvalue weighted by Gasteiger charge is 2.12. The van der Waals surface area contributed by atoms with Crippen molar-refractivity contribution < 1.29 is 9.53 Å². The van der Waals surface area contributed by atoms with Crippen molar-refractivity contribution in [3.8, 4) is 5.75 Å². The molecule has 0 aliphatic heterocycles. The molecule has 106 valence electrons. The lowest BCUT2D eigenvalue weighted by Crippen LogP contribution is -2.10. The minimum Gasteiger partial charge on any atom is -0.492 e. The summed E-state index contributed by atoms with van der Waals surface area (Å²) in [6.07, 6.45) is 0. The minimum absolute atomic E-state index is 0.0431. The molecule has 0 unspecified atom stereocenters. The number of nitrogens with two attached hydrogens (primary N) is 1. The number of carbonyl (C=O) groups is 1. The zero-order valence-electron chi connectivity index (χ0n) is 11.4. The van der Waals surface area contributed by atoms with Crippen LogP contribution in [0.3, 0.4) is 0 Å². The van der Waals surface area contributed by atoms with Crippen LogP contribution in [0.15, 0.2) is 54.6 Å². The Labute approximate surface area is 127 Å². The van der Waals surface area contributed by atoms with Gasteiger partial charge in [-0.1, -0.05) is 18.2 Å². The molecule has 0 amide bonds. The molecular formula is C17H15NO2S. The fraction of sp³-hybridized carbons (Fsp3) is 0.118. The summed E-state index contributed by atoms with van der Waals surface area (Å²) in [6.45, 7) is 0.950. The third-order valence-electron chi connectivity index (χ3n) is 3.15. The van der Waals surface area contributed by atoms with Crippen molar-refractivity contribution in [1.29, 1.82) is 0 Å². The van der Waals surface area contributed by atoms with Gasteiger partial charge in [-0.25, -0.2) is 0 Å². The summed E-state index contributed by atoms with van der Waals surface area (Å²) < 4.78 is 6.54. The topological polar surface area (TPSA) is 52.3 Å². The number of ketones is 1. The monoisotopic (exact) mass is 297 g/mol. The number of rotatable bonds is 5. The van der Waals surface area contributed by atoms with Gasteiger partial charge in [-0.2, -0.15) is 0 Å². The number of hydrogen-bond acceptors (Lipinski definition) is 4. The Kier molecular flexibility index (Phi) is 3.99. The molecule has 21 heavy (non-hydrogen) atoms. The zero-order chi connectivity index (χ0) is 14.7. The summed E-state index contributed by atoms with van der Waals surface area (Å²) in [5.41, 5.74) is 6.06. The molecule has 3 rings (SSSR count). The number of carbonyl (C=O) groups excluding carboxylic acids is 1. The van der Waals surface area contributed by atoms with Gasteiger partial charge in [0.25, 0.3) is 0 Å². The third kappa shape index (κ3) is 2.96. The molecule has 2 N–H and O–H groups in total. The van der Waals surface area contributed by atoms with Gasteiger partial charge in [-0.05, 0) is 41.8 Å². The lowest BCUT2D eigenvalue weighted by atomic mass is 10.1. The van der Waals surface area contributed by atoms with Crippen molar-refractivity contribution in [2.45, 2.75) is 0 Å². The first-order valence-electron chi connectivity index (χ1n) is 6.74. The van der Waals surface area contributed by atoms with Gasteiger partial charge in [-0.3, -0.25) is 4.79 Å². The SMILES string of the molecule is NCCOc1ccc(C(=O)c2cc3ccccc3s2)cc1. The molecule has 0 spiro atoms. The molecule has 4 heteroatoms. The average molecular weight is 297 g/mol. The van der Waals surface area contributed by atoms with Crippen molar-refractivity contribution in [3.63, 3.8) is 0 Å². The Morgan fingerprint density at radius 2 is 1.86 bits per heavy atom. The normalized spacial score (nSPS) is 10.7. The summed E-state index contributed by atoms with van der Waals surface area (Å²) in [5.74, 6) is 0.773. The average Bonchev–Trinajstić information content (AvgIpc) is 2.96. The van der Waals surface area contributed by atoms with E-state index in [1.165, 1.54) is 11.3 Å². The van der Waals surface area contributed by atoms with E-state index in [4.69, 9.17) is 10.5 Å². The molecule has 1 heterocycles. The first-order valence-corrected chi connectivity index (χ1v) is 7.56. The van der Waals surface area contributed by atoms with Gasteiger partial charge in [0.2, 0.25) is 5.78 Å². The van der Waals surface area contributed by atoms with Gasteiger partial charge in [0.15, 0.2) is 0 Å². The molecule has 3 aromatic rings. The maximum absolute atomic E-state index is 12.5. The minimum atomic E-state index is 0.0431. The molecule has 3 nitrogen and oxygen atoms in total. The summed E-state index contributed by atoms with van der Waals surface area (Å²) in [5, 5.41) is 1.11. The first kappa shape index (κ1) is 13.8. The van der Waals surface area contributed by atoms with Crippen LogP contribution in [0.5, 0.6) is 5.75 Å². The highest BCUT2D eigenvalue weighted by atomic mass is 32.1. The van der Waals surface area contributed by atoms with Crippen LogP contribution >= 0.6 is 11.3 Å². The summed E-state index contributed by atoms with van der Waals surface area (Å²) in [7, 11) is 0. The van der Waals surface area contributed by atoms with E-state index in [2.05, 4.69) is 0 Å². The van der Waals surface area contributed by atoms with E-state index in [1.54, 1.807) is 24.3 Å². The van der Waals surface area contributed by atoms with Crippen molar-refractivity contribution in [3.05, 3.63) is 65.0 Å². The van der Waals surface area contributed by atoms with Crippen molar-refractivity contribution in [2.75, 3.05) is 13.2 Å². The van der Waals surface area contributed by atoms with Gasteiger partial charge in [-0.15, -0.1) is 11.3 Å². The Morgan fingerprint density at radius 1 is 1.10 bits per heavy atom. The zero-order valence-corrected chi connectivity index (χ0v) is 12.2. The summed E-state index contributed by atoms with van der Waals surface area (Å²) in [6, 6.07) is 17.1. The quantitative estimate of drug-likeness (QED) is 0.734. The standard InChI is InChI=1S/C17H15NO2S/c18-9-10-20-14-7-5-12(6-8-14)17(19)16-11-13-3-1-2-4-15(13)21-16/h1-8,11H,9-10,18H2. The molecule has 0 bridgehead atoms. The number of thiophene rings is 1. The van der Waals surface area contributed by atoms with E-state index in [-0.39, 0.29) is 5.78 Å². The van der Waals surface area contributed by atoms with Crippen molar-refractivity contribution in [2.24, 2.45) is 5.73 Å². The van der Waals surface area contributed by atoms with E-state index < -0.39 is 0 Å². The molecule has 0 radical (unpaired) electrons. The third-order valence-corrected chi connectivity index (χ3v) is 4.27. The van der Waals surface area contributed by atoms with E-state index in [9.17, 15) is 4.79 Å². The van der Waals surface area contributed by atoms with Gasteiger partial charge in [0.05, 0.1) is 4.88 Å². The van der Waals surface area contributed by atoms with Crippen molar-refractivity contribution in [1.82, 2.24) is 0 Å². The molecule has 0 aliphatic carbocycles. The molecule has 0 aliphatic rings. The number of fused-ring (bicyclic) bond motifs is 1. The predicted molar refractivity (Wildman–Crippen MR) is 86.2 cm³/mol. The molecule has 1 aromatic heterocycles. The van der Waals surface area contributed by atoms with E-state index >= 15 is 0 Å². The van der Waals surface area contributed by atoms with Crippen LogP contribution in [0.2, 0.25) is 0 Å². The summed E-state index contributed by atoms with van der Waals surface area (Å²) >= 11 is 1.52. The van der Waals surface area contributed by atoms with Crippen LogP contribution in [-0.2, 0) is 0 Å². The second kappa shape index (κ2) is 6.08. The number of benzene rings is 2. The van der Waals surface area contributed by atoms with Gasteiger partial charge in [0.1, 0.15) is 12.4 Å². The molecule has 0 fully saturated rings. The number of hydrogen-bond donors (Lipinski definition) is 1. The molecule has 0 saturated carbocycles. The highest BCUT2D eigenvalue weighted by Crippen LogP contribution is 2.27. The van der Waals surface area contributed by atoms with Crippen molar-refractivity contribution >= 4 is 27.2 Å². The van der Waals surface area contributed by atoms with Crippen LogP contribution in [0.4, 0.5) is 0 Å². The maximum atomic E-state index is 12.5. The largest absolute Gasteiger partial charge is 0.492 e. The van der Waals surface area contributed by atoms with Gasteiger partial charge >= 0.3 is 0 Å². The van der Waals surface area contributed by atoms with Gasteiger partial charge in [0, 0.05) is 16.8 Å². The molecule has 0 atom stereocenters. The van der Waals surface area contributed by atoms with Crippen LogP contribution in [0.25, 0.3) is 10.1 Å². The summed E-state index contributed by atoms with van der Waals surface area (Å²) in [4.78, 5) is 13.2. The van der Waals surface area contributed by atoms with Crippen LogP contribution < -0.4 is 10.5 Å². The molecular weight excluding hydrogens is 282 g/mol. The van der Waals surface area contributed by atoms with E-state index in [1.807, 2.05) is 30.3 Å². The van der Waals surface area contributed by atoms with E-state index in [0.29, 0.717) is 18.7 Å². The Balaban J connectivity index is 1.84. The first-order chi connectivity index (χ1) is 10.3. The fourth-order valence-corrected chi connectivity index (χ4v) is 3.14. The molecule has 0 saturated heterocycles. The Hall–Kier alpha value is -2.17. The van der Waals surface area contributed by atoms with Crippen LogP contribution in [-0.4, -0.2) is 18.9 Å². The van der Waals surface area contributed by atoms with E-state index in [0.717, 1.165) is 20.7 Å².